The maximum Gasteiger partial charge on any atom is 0.325 e. The van der Waals surface area contributed by atoms with Gasteiger partial charge < -0.3 is 5.32 Å². The molecular weight excluding hydrogens is 388 g/mol. The van der Waals surface area contributed by atoms with E-state index in [-0.39, 0.29) is 18.5 Å². The predicted octanol–water partition coefficient (Wildman–Crippen LogP) is 4.14. The predicted molar refractivity (Wildman–Crippen MR) is 98.8 cm³/mol. The van der Waals surface area contributed by atoms with E-state index in [1.165, 1.54) is 4.90 Å². The molecule has 0 bridgehead atoms. The zero-order valence-electron chi connectivity index (χ0n) is 13.4. The van der Waals surface area contributed by atoms with Gasteiger partial charge in [-0.25, -0.2) is 4.79 Å². The van der Waals surface area contributed by atoms with Gasteiger partial charge in [0.1, 0.15) is 5.54 Å². The molecule has 0 saturated carbocycles. The zero-order chi connectivity index (χ0) is 17.3. The monoisotopic (exact) mass is 404 g/mol. The molecule has 1 heterocycles. The average Bonchev–Trinajstić information content (AvgIpc) is 2.80. The quantitative estimate of drug-likeness (QED) is 0.615. The van der Waals surface area contributed by atoms with E-state index in [0.29, 0.717) is 0 Å². The largest absolute Gasteiger partial charge is 0.325 e. The topological polar surface area (TPSA) is 49.4 Å². The Kier molecular flexibility index (Phi) is 4.69. The minimum Gasteiger partial charge on any atom is -0.319 e. The van der Waals surface area contributed by atoms with Crippen LogP contribution in [0, 0.1) is 0 Å². The number of nitrogens with one attached hydrogen (secondary N) is 1. The van der Waals surface area contributed by atoms with Gasteiger partial charge in [0.15, 0.2) is 0 Å². The first-order valence-corrected chi connectivity index (χ1v) is 9.49. The highest BCUT2D eigenvalue weighted by atomic mass is 79.9. The molecule has 3 amide bonds. The molecule has 124 valence electrons. The van der Waals surface area contributed by atoms with Gasteiger partial charge in [0.25, 0.3) is 5.91 Å². The highest BCUT2D eigenvalue weighted by Gasteiger charge is 2.48. The van der Waals surface area contributed by atoms with Crippen LogP contribution in [0.3, 0.4) is 0 Å². The van der Waals surface area contributed by atoms with Crippen LogP contribution in [0.2, 0.25) is 0 Å². The summed E-state index contributed by atoms with van der Waals surface area (Å²) in [6.07, 6.45) is 2.01. The summed E-state index contributed by atoms with van der Waals surface area (Å²) in [7, 11) is 0. The second-order valence-electron chi connectivity index (χ2n) is 5.80. The van der Waals surface area contributed by atoms with Gasteiger partial charge in [0.2, 0.25) is 0 Å². The van der Waals surface area contributed by atoms with E-state index in [1.54, 1.807) is 18.7 Å². The third kappa shape index (κ3) is 3.08. The maximum absolute atomic E-state index is 12.9. The number of halogens is 1. The van der Waals surface area contributed by atoms with Crippen LogP contribution < -0.4 is 5.32 Å². The molecule has 24 heavy (non-hydrogen) atoms. The van der Waals surface area contributed by atoms with E-state index >= 15 is 0 Å². The molecule has 2 aromatic carbocycles. The van der Waals surface area contributed by atoms with Crippen molar-refractivity contribution in [3.63, 3.8) is 0 Å². The molecule has 1 saturated heterocycles. The van der Waals surface area contributed by atoms with Gasteiger partial charge in [0, 0.05) is 9.37 Å². The van der Waals surface area contributed by atoms with Crippen LogP contribution in [-0.4, -0.2) is 23.1 Å². The smallest absolute Gasteiger partial charge is 0.319 e. The number of benzene rings is 2. The van der Waals surface area contributed by atoms with E-state index in [9.17, 15) is 9.59 Å². The van der Waals surface area contributed by atoms with Crippen molar-refractivity contribution >= 4 is 39.6 Å². The average molecular weight is 405 g/mol. The molecule has 0 spiro atoms. The number of carbonyl (C=O) groups is 2. The lowest BCUT2D eigenvalue weighted by Gasteiger charge is -2.22. The third-order valence-corrected chi connectivity index (χ3v) is 5.41. The second-order valence-corrected chi connectivity index (χ2v) is 7.60. The van der Waals surface area contributed by atoms with E-state index in [0.717, 1.165) is 20.5 Å². The lowest BCUT2D eigenvalue weighted by Crippen LogP contribution is -2.40. The second kappa shape index (κ2) is 6.61. The van der Waals surface area contributed by atoms with Gasteiger partial charge in [-0.15, -0.1) is 11.8 Å². The summed E-state index contributed by atoms with van der Waals surface area (Å²) in [5.41, 5.74) is 0.644. The molecule has 4 nitrogen and oxygen atoms in total. The van der Waals surface area contributed by atoms with Crippen LogP contribution in [0.5, 0.6) is 0 Å². The summed E-state index contributed by atoms with van der Waals surface area (Å²) < 4.78 is 0.870. The zero-order valence-corrected chi connectivity index (χ0v) is 15.8. The molecule has 0 aliphatic carbocycles. The number of carbonyl (C=O) groups excluding carboxylic acids is 2. The van der Waals surface area contributed by atoms with Crippen molar-refractivity contribution in [3.8, 4) is 0 Å². The van der Waals surface area contributed by atoms with Crippen LogP contribution in [0.4, 0.5) is 4.79 Å². The third-order valence-electron chi connectivity index (χ3n) is 4.18. The number of nitrogens with zero attached hydrogens (tertiary/aromatic N) is 1. The number of hydrogen-bond acceptors (Lipinski definition) is 3. The molecule has 1 N–H and O–H groups in total. The molecule has 0 unspecified atom stereocenters. The van der Waals surface area contributed by atoms with Crippen LogP contribution in [-0.2, 0) is 16.9 Å². The normalized spacial score (nSPS) is 20.4. The van der Waals surface area contributed by atoms with Crippen molar-refractivity contribution in [3.05, 3.63) is 64.1 Å². The van der Waals surface area contributed by atoms with Gasteiger partial charge in [0.05, 0.1) is 6.54 Å². The lowest BCUT2D eigenvalue weighted by atomic mass is 9.92. The number of amides is 3. The van der Waals surface area contributed by atoms with Crippen molar-refractivity contribution in [1.29, 1.82) is 0 Å². The summed E-state index contributed by atoms with van der Waals surface area (Å²) in [6.45, 7) is 2.01. The summed E-state index contributed by atoms with van der Waals surface area (Å²) in [4.78, 5) is 27.7. The van der Waals surface area contributed by atoms with Gasteiger partial charge >= 0.3 is 6.03 Å². The van der Waals surface area contributed by atoms with Crippen LogP contribution in [0.15, 0.2) is 57.9 Å². The number of imide groups is 1. The van der Waals surface area contributed by atoms with E-state index in [2.05, 4.69) is 21.2 Å². The number of urea groups is 1. The van der Waals surface area contributed by atoms with E-state index < -0.39 is 5.54 Å². The van der Waals surface area contributed by atoms with E-state index in [4.69, 9.17) is 0 Å². The SMILES string of the molecule is CSc1ccc(CN2C(=O)N[C@](C)(c3cccc(Br)c3)C2=O)cc1. The first-order valence-electron chi connectivity index (χ1n) is 7.47. The van der Waals surface area contributed by atoms with Crippen molar-refractivity contribution in [2.75, 3.05) is 6.26 Å². The molecule has 1 aliphatic heterocycles. The van der Waals surface area contributed by atoms with Crippen molar-refractivity contribution in [1.82, 2.24) is 10.2 Å². The molecule has 1 fully saturated rings. The highest BCUT2D eigenvalue weighted by Crippen LogP contribution is 2.31. The fraction of sp³-hybridized carbons (Fsp3) is 0.222. The molecule has 0 aromatic heterocycles. The Morgan fingerprint density at radius 3 is 2.50 bits per heavy atom. The van der Waals surface area contributed by atoms with Gasteiger partial charge in [-0.05, 0) is 48.6 Å². The number of rotatable bonds is 4. The first-order chi connectivity index (χ1) is 11.4. The molecule has 1 aliphatic rings. The Balaban J connectivity index is 1.85. The Labute approximate surface area is 153 Å². The molecular formula is C18H17BrN2O2S. The highest BCUT2D eigenvalue weighted by molar-refractivity contribution is 9.10. The molecule has 6 heteroatoms. The Morgan fingerprint density at radius 2 is 1.88 bits per heavy atom. The molecule has 0 radical (unpaired) electrons. The Bertz CT molecular complexity index is 794. The fourth-order valence-electron chi connectivity index (χ4n) is 2.75. The molecule has 3 rings (SSSR count). The first kappa shape index (κ1) is 17.0. The Hall–Kier alpha value is -1.79. The lowest BCUT2D eigenvalue weighted by molar-refractivity contribution is -0.131. The summed E-state index contributed by atoms with van der Waals surface area (Å²) in [6, 6.07) is 15.0. The minimum absolute atomic E-state index is 0.237. The van der Waals surface area contributed by atoms with Crippen LogP contribution >= 0.6 is 27.7 Å². The van der Waals surface area contributed by atoms with Gasteiger partial charge in [-0.3, -0.25) is 9.69 Å². The van der Waals surface area contributed by atoms with Crippen LogP contribution in [0.1, 0.15) is 18.1 Å². The summed E-state index contributed by atoms with van der Waals surface area (Å²) >= 11 is 5.07. The maximum atomic E-state index is 12.9. The standard InChI is InChI=1S/C18H17BrN2O2S/c1-18(13-4-3-5-14(19)10-13)16(22)21(17(23)20-18)11-12-6-8-15(24-2)9-7-12/h3-10H,11H2,1-2H3,(H,20,23)/t18-/m1/s1. The number of hydrogen-bond donors (Lipinski definition) is 1. The minimum atomic E-state index is -1.04. The fourth-order valence-corrected chi connectivity index (χ4v) is 3.56. The Morgan fingerprint density at radius 1 is 1.17 bits per heavy atom. The molecule has 1 atom stereocenters. The van der Waals surface area contributed by atoms with Crippen LogP contribution in [0.25, 0.3) is 0 Å². The van der Waals surface area contributed by atoms with Crippen molar-refractivity contribution in [2.24, 2.45) is 0 Å². The van der Waals surface area contributed by atoms with Gasteiger partial charge in [-0.2, -0.15) is 0 Å². The number of thioether (sulfide) groups is 1. The van der Waals surface area contributed by atoms with Gasteiger partial charge in [-0.1, -0.05) is 40.2 Å². The van der Waals surface area contributed by atoms with Crippen molar-refractivity contribution in [2.45, 2.75) is 23.9 Å². The summed E-state index contributed by atoms with van der Waals surface area (Å²) in [5, 5.41) is 2.83. The summed E-state index contributed by atoms with van der Waals surface area (Å²) in [5.74, 6) is -0.237. The molecule has 2 aromatic rings. The van der Waals surface area contributed by atoms with Crippen molar-refractivity contribution < 1.29 is 9.59 Å². The van der Waals surface area contributed by atoms with E-state index in [1.807, 2.05) is 54.8 Å².